The molecule has 1 aromatic rings. The minimum atomic E-state index is 0.252. The van der Waals surface area contributed by atoms with Crippen molar-refractivity contribution < 1.29 is 4.74 Å². The highest BCUT2D eigenvalue weighted by Gasteiger charge is 2.17. The van der Waals surface area contributed by atoms with Gasteiger partial charge in [0.2, 0.25) is 0 Å². The molecule has 19 heavy (non-hydrogen) atoms. The molecule has 106 valence electrons. The van der Waals surface area contributed by atoms with E-state index in [9.17, 15) is 0 Å². The van der Waals surface area contributed by atoms with Gasteiger partial charge in [-0.05, 0) is 30.4 Å². The Bertz CT molecular complexity index is 410. The molecule has 1 aliphatic carbocycles. The summed E-state index contributed by atoms with van der Waals surface area (Å²) in [6.07, 6.45) is 9.50. The second-order valence-electron chi connectivity index (χ2n) is 5.78. The molecule has 1 saturated heterocycles. The van der Waals surface area contributed by atoms with Crippen molar-refractivity contribution in [1.82, 2.24) is 9.47 Å². The maximum atomic E-state index is 6.26. The van der Waals surface area contributed by atoms with Crippen LogP contribution in [0.4, 0.5) is 0 Å². The molecule has 4 nitrogen and oxygen atoms in total. The van der Waals surface area contributed by atoms with Gasteiger partial charge in [0, 0.05) is 44.6 Å². The smallest absolute Gasteiger partial charge is 0.0594 e. The van der Waals surface area contributed by atoms with Crippen LogP contribution in [0.25, 0.3) is 0 Å². The predicted octanol–water partition coefficient (Wildman–Crippen LogP) is 1.55. The van der Waals surface area contributed by atoms with Crippen molar-refractivity contribution in [1.29, 1.82) is 0 Å². The quantitative estimate of drug-likeness (QED) is 0.841. The summed E-state index contributed by atoms with van der Waals surface area (Å²) < 4.78 is 7.72. The third-order valence-corrected chi connectivity index (χ3v) is 4.39. The van der Waals surface area contributed by atoms with E-state index in [-0.39, 0.29) is 6.04 Å². The fourth-order valence-electron chi connectivity index (χ4n) is 3.16. The Labute approximate surface area is 115 Å². The van der Waals surface area contributed by atoms with Gasteiger partial charge < -0.3 is 15.0 Å². The largest absolute Gasteiger partial charge is 0.379 e. The first kappa shape index (κ1) is 13.2. The number of aromatic nitrogens is 1. The second kappa shape index (κ2) is 6.07. The number of aryl methyl sites for hydroxylation is 1. The number of nitrogens with zero attached hydrogens (tertiary/aromatic N) is 2. The summed E-state index contributed by atoms with van der Waals surface area (Å²) in [4.78, 5) is 2.48. The van der Waals surface area contributed by atoms with Crippen molar-refractivity contribution in [2.24, 2.45) is 5.73 Å². The van der Waals surface area contributed by atoms with E-state index in [1.165, 1.54) is 30.4 Å². The first-order valence-corrected chi connectivity index (χ1v) is 7.57. The van der Waals surface area contributed by atoms with Crippen molar-refractivity contribution in [3.05, 3.63) is 23.5 Å². The maximum Gasteiger partial charge on any atom is 0.0594 e. The van der Waals surface area contributed by atoms with E-state index in [1.807, 2.05) is 0 Å². The number of rotatable bonds is 3. The lowest BCUT2D eigenvalue weighted by molar-refractivity contribution is 0.0364. The third kappa shape index (κ3) is 3.19. The van der Waals surface area contributed by atoms with E-state index in [1.54, 1.807) is 0 Å². The van der Waals surface area contributed by atoms with Gasteiger partial charge in [-0.2, -0.15) is 0 Å². The van der Waals surface area contributed by atoms with E-state index in [4.69, 9.17) is 10.5 Å². The van der Waals surface area contributed by atoms with Crippen LogP contribution in [0, 0.1) is 0 Å². The Balaban J connectivity index is 1.60. The lowest BCUT2D eigenvalue weighted by Crippen LogP contribution is -2.38. The molecule has 0 aromatic carbocycles. The van der Waals surface area contributed by atoms with Crippen molar-refractivity contribution in [3.63, 3.8) is 0 Å². The summed E-state index contributed by atoms with van der Waals surface area (Å²) in [5.74, 6) is 0. The standard InChI is InChI=1S/C15H25N3O/c16-15-4-2-1-3-13-11-18(12-14(13)15)6-5-17-7-9-19-10-8-17/h11-12,15H,1-10,16H2. The molecule has 0 amide bonds. The van der Waals surface area contributed by atoms with Crippen LogP contribution in [0.3, 0.4) is 0 Å². The molecular formula is C15H25N3O. The molecule has 0 radical (unpaired) electrons. The summed E-state index contributed by atoms with van der Waals surface area (Å²) in [7, 11) is 0. The molecular weight excluding hydrogens is 238 g/mol. The van der Waals surface area contributed by atoms with Crippen molar-refractivity contribution in [2.45, 2.75) is 38.3 Å². The van der Waals surface area contributed by atoms with E-state index in [0.717, 1.165) is 45.8 Å². The normalized spacial score (nSPS) is 25.0. The predicted molar refractivity (Wildman–Crippen MR) is 76.2 cm³/mol. The first-order chi connectivity index (χ1) is 9.33. The SMILES string of the molecule is NC1CCCCc2cn(CCN3CCOCC3)cc21. The highest BCUT2D eigenvalue weighted by atomic mass is 16.5. The van der Waals surface area contributed by atoms with Crippen LogP contribution < -0.4 is 5.73 Å². The molecule has 3 rings (SSSR count). The molecule has 1 unspecified atom stereocenters. The van der Waals surface area contributed by atoms with Crippen molar-refractivity contribution in [2.75, 3.05) is 32.8 Å². The highest BCUT2D eigenvalue weighted by Crippen LogP contribution is 2.27. The summed E-state index contributed by atoms with van der Waals surface area (Å²) in [6, 6.07) is 0.252. The van der Waals surface area contributed by atoms with E-state index >= 15 is 0 Å². The summed E-state index contributed by atoms with van der Waals surface area (Å²) in [5, 5.41) is 0. The third-order valence-electron chi connectivity index (χ3n) is 4.39. The van der Waals surface area contributed by atoms with E-state index < -0.39 is 0 Å². The van der Waals surface area contributed by atoms with Crippen molar-refractivity contribution >= 4 is 0 Å². The summed E-state index contributed by atoms with van der Waals surface area (Å²) >= 11 is 0. The number of hydrogen-bond acceptors (Lipinski definition) is 3. The van der Waals surface area contributed by atoms with E-state index in [0.29, 0.717) is 0 Å². The van der Waals surface area contributed by atoms with Crippen LogP contribution in [-0.2, 0) is 17.7 Å². The lowest BCUT2D eigenvalue weighted by atomic mass is 10.1. The Morgan fingerprint density at radius 2 is 2.00 bits per heavy atom. The van der Waals surface area contributed by atoms with Gasteiger partial charge in [0.25, 0.3) is 0 Å². The van der Waals surface area contributed by atoms with E-state index in [2.05, 4.69) is 21.9 Å². The zero-order valence-corrected chi connectivity index (χ0v) is 11.7. The van der Waals surface area contributed by atoms with Crippen LogP contribution in [-0.4, -0.2) is 42.3 Å². The monoisotopic (exact) mass is 263 g/mol. The minimum absolute atomic E-state index is 0.252. The molecule has 1 aliphatic heterocycles. The topological polar surface area (TPSA) is 43.4 Å². The molecule has 0 saturated carbocycles. The first-order valence-electron chi connectivity index (χ1n) is 7.57. The van der Waals surface area contributed by atoms with Gasteiger partial charge in [-0.3, -0.25) is 4.90 Å². The van der Waals surface area contributed by atoms with Gasteiger partial charge in [-0.1, -0.05) is 6.42 Å². The van der Waals surface area contributed by atoms with Gasteiger partial charge in [0.1, 0.15) is 0 Å². The highest BCUT2D eigenvalue weighted by molar-refractivity contribution is 5.28. The number of hydrogen-bond donors (Lipinski definition) is 1. The molecule has 0 bridgehead atoms. The van der Waals surface area contributed by atoms with Crippen LogP contribution in [0.15, 0.2) is 12.4 Å². The van der Waals surface area contributed by atoms with Gasteiger partial charge in [0.05, 0.1) is 13.2 Å². The Hall–Kier alpha value is -0.840. The zero-order chi connectivity index (χ0) is 13.1. The molecule has 1 fully saturated rings. The number of morpholine rings is 1. The average Bonchev–Trinajstić information content (AvgIpc) is 2.78. The number of ether oxygens (including phenoxy) is 1. The molecule has 1 atom stereocenters. The molecule has 2 N–H and O–H groups in total. The number of nitrogens with two attached hydrogens (primary N) is 1. The van der Waals surface area contributed by atoms with Crippen LogP contribution in [0.5, 0.6) is 0 Å². The minimum Gasteiger partial charge on any atom is -0.379 e. The second-order valence-corrected chi connectivity index (χ2v) is 5.78. The molecule has 4 heteroatoms. The van der Waals surface area contributed by atoms with Gasteiger partial charge >= 0.3 is 0 Å². The molecule has 0 spiro atoms. The van der Waals surface area contributed by atoms with Gasteiger partial charge in [-0.25, -0.2) is 0 Å². The maximum absolute atomic E-state index is 6.26. The van der Waals surface area contributed by atoms with Gasteiger partial charge in [-0.15, -0.1) is 0 Å². The van der Waals surface area contributed by atoms with Crippen LogP contribution in [0.1, 0.15) is 36.4 Å². The van der Waals surface area contributed by atoms with Gasteiger partial charge in [0.15, 0.2) is 0 Å². The number of fused-ring (bicyclic) bond motifs is 1. The molecule has 2 heterocycles. The van der Waals surface area contributed by atoms with Crippen LogP contribution >= 0.6 is 0 Å². The fourth-order valence-corrected chi connectivity index (χ4v) is 3.16. The van der Waals surface area contributed by atoms with Crippen LogP contribution in [0.2, 0.25) is 0 Å². The Morgan fingerprint density at radius 3 is 2.84 bits per heavy atom. The summed E-state index contributed by atoms with van der Waals surface area (Å²) in [5.41, 5.74) is 9.13. The zero-order valence-electron chi connectivity index (χ0n) is 11.7. The summed E-state index contributed by atoms with van der Waals surface area (Å²) in [6.45, 7) is 6.09. The Kier molecular flexibility index (Phi) is 4.21. The Morgan fingerprint density at radius 1 is 1.16 bits per heavy atom. The average molecular weight is 263 g/mol. The molecule has 2 aliphatic rings. The van der Waals surface area contributed by atoms with Crippen molar-refractivity contribution in [3.8, 4) is 0 Å². The fraction of sp³-hybridized carbons (Fsp3) is 0.733. The lowest BCUT2D eigenvalue weighted by Gasteiger charge is -2.26. The molecule has 1 aromatic heterocycles.